The van der Waals surface area contributed by atoms with Gasteiger partial charge < -0.3 is 15.4 Å². The van der Waals surface area contributed by atoms with Gasteiger partial charge in [-0.1, -0.05) is 29.8 Å². The summed E-state index contributed by atoms with van der Waals surface area (Å²) in [5.74, 6) is 0.519. The molecule has 190 valence electrons. The molecule has 37 heavy (non-hydrogen) atoms. The highest BCUT2D eigenvalue weighted by Gasteiger charge is 2.24. The summed E-state index contributed by atoms with van der Waals surface area (Å²) in [6.45, 7) is 5.04. The maximum atomic E-state index is 14.1. The minimum atomic E-state index is -0.0865. The number of anilines is 1. The molecule has 0 radical (unpaired) electrons. The van der Waals surface area contributed by atoms with Gasteiger partial charge in [-0.2, -0.15) is 4.98 Å². The molecule has 2 aliphatic rings. The van der Waals surface area contributed by atoms with Gasteiger partial charge in [-0.15, -0.1) is 0 Å². The van der Waals surface area contributed by atoms with Crippen LogP contribution in [0, 0.1) is 6.92 Å². The zero-order chi connectivity index (χ0) is 25.4. The van der Waals surface area contributed by atoms with E-state index in [0.717, 1.165) is 61.3 Å². The molecule has 2 saturated heterocycles. The molecule has 0 unspecified atom stereocenters. The zero-order valence-corrected chi connectivity index (χ0v) is 21.5. The summed E-state index contributed by atoms with van der Waals surface area (Å²) in [4.78, 5) is 28.0. The van der Waals surface area contributed by atoms with E-state index in [1.807, 2.05) is 54.0 Å². The second-order valence-corrected chi connectivity index (χ2v) is 10.2. The average Bonchev–Trinajstić information content (AvgIpc) is 3.42. The Morgan fingerprint density at radius 2 is 1.95 bits per heavy atom. The molecule has 5 heterocycles. The second-order valence-electron chi connectivity index (χ2n) is 9.75. The first-order valence-electron chi connectivity index (χ1n) is 12.8. The fourth-order valence-electron chi connectivity index (χ4n) is 5.21. The van der Waals surface area contributed by atoms with E-state index in [1.54, 1.807) is 6.20 Å². The number of fused-ring (bicyclic) bond motifs is 1. The van der Waals surface area contributed by atoms with Crippen LogP contribution in [-0.2, 0) is 4.74 Å². The van der Waals surface area contributed by atoms with E-state index in [1.165, 1.54) is 0 Å². The number of piperidine rings is 1. The molecular formula is C28H29ClN6O2. The maximum Gasteiger partial charge on any atom is 0.260 e. The number of aryl methyl sites for hydroxylation is 1. The van der Waals surface area contributed by atoms with E-state index < -0.39 is 0 Å². The molecule has 0 saturated carbocycles. The normalized spacial score (nSPS) is 18.4. The average molecular weight is 517 g/mol. The van der Waals surface area contributed by atoms with Crippen molar-refractivity contribution in [3.8, 4) is 22.4 Å². The third kappa shape index (κ3) is 4.84. The first-order chi connectivity index (χ1) is 18.1. The van der Waals surface area contributed by atoms with Crippen LogP contribution in [0.3, 0.4) is 0 Å². The van der Waals surface area contributed by atoms with E-state index in [0.29, 0.717) is 34.4 Å². The number of nitrogens with one attached hydrogen (secondary N) is 2. The lowest BCUT2D eigenvalue weighted by Crippen LogP contribution is -2.35. The van der Waals surface area contributed by atoms with Gasteiger partial charge in [-0.3, -0.25) is 14.3 Å². The van der Waals surface area contributed by atoms with Crippen LogP contribution < -0.4 is 16.2 Å². The van der Waals surface area contributed by atoms with Crippen LogP contribution in [0.25, 0.3) is 33.4 Å². The zero-order valence-electron chi connectivity index (χ0n) is 20.7. The predicted molar refractivity (Wildman–Crippen MR) is 146 cm³/mol. The van der Waals surface area contributed by atoms with Crippen molar-refractivity contribution < 1.29 is 4.74 Å². The standard InChI is InChI=1S/C28H29ClN6O2/c1-17-3-2-4-25(32-17)18-5-6-22(24(29)14-18)23-13-19-15-31-28(33-20-9-12-37-16-20)34-26(19)35(27(23)36)21-7-10-30-11-8-21/h2-6,13-15,20-21,30H,7-12,16H2,1H3,(H,31,33,34)/t20-/m1/s1. The van der Waals surface area contributed by atoms with Gasteiger partial charge >= 0.3 is 0 Å². The number of halogens is 1. The number of ether oxygens (including phenoxy) is 1. The molecule has 1 aromatic carbocycles. The highest BCUT2D eigenvalue weighted by molar-refractivity contribution is 6.33. The second kappa shape index (κ2) is 10.2. The van der Waals surface area contributed by atoms with Crippen LogP contribution in [0.2, 0.25) is 5.02 Å². The quantitative estimate of drug-likeness (QED) is 0.400. The first-order valence-corrected chi connectivity index (χ1v) is 13.2. The molecule has 0 aliphatic carbocycles. The summed E-state index contributed by atoms with van der Waals surface area (Å²) in [7, 11) is 0. The summed E-state index contributed by atoms with van der Waals surface area (Å²) in [6, 6.07) is 13.7. The minimum Gasteiger partial charge on any atom is -0.379 e. The molecule has 9 heteroatoms. The van der Waals surface area contributed by atoms with Crippen LogP contribution in [0.4, 0.5) is 5.95 Å². The van der Waals surface area contributed by atoms with Crippen LogP contribution >= 0.6 is 11.6 Å². The Hall–Kier alpha value is -3.33. The number of hydrogen-bond acceptors (Lipinski definition) is 7. The third-order valence-corrected chi connectivity index (χ3v) is 7.47. The summed E-state index contributed by atoms with van der Waals surface area (Å²) >= 11 is 6.80. The van der Waals surface area contributed by atoms with Crippen molar-refractivity contribution in [2.24, 2.45) is 0 Å². The van der Waals surface area contributed by atoms with Gasteiger partial charge in [0.15, 0.2) is 0 Å². The van der Waals surface area contributed by atoms with Gasteiger partial charge in [0.05, 0.1) is 18.3 Å². The number of pyridine rings is 2. The molecule has 8 nitrogen and oxygen atoms in total. The molecule has 0 bridgehead atoms. The smallest absolute Gasteiger partial charge is 0.260 e. The summed E-state index contributed by atoms with van der Waals surface area (Å²) in [5, 5.41) is 8.07. The van der Waals surface area contributed by atoms with Crippen molar-refractivity contribution >= 4 is 28.6 Å². The Kier molecular flexibility index (Phi) is 6.63. The molecule has 0 amide bonds. The Morgan fingerprint density at radius 3 is 2.70 bits per heavy atom. The van der Waals surface area contributed by atoms with Gasteiger partial charge in [0.1, 0.15) is 5.65 Å². The number of nitrogens with zero attached hydrogens (tertiary/aromatic N) is 4. The lowest BCUT2D eigenvalue weighted by Gasteiger charge is -2.26. The lowest BCUT2D eigenvalue weighted by molar-refractivity contribution is 0.195. The largest absolute Gasteiger partial charge is 0.379 e. The Bertz CT molecular complexity index is 1510. The predicted octanol–water partition coefficient (Wildman–Crippen LogP) is 4.61. The minimum absolute atomic E-state index is 0.0447. The highest BCUT2D eigenvalue weighted by Crippen LogP contribution is 2.33. The van der Waals surface area contributed by atoms with Crippen molar-refractivity contribution in [3.05, 3.63) is 69.7 Å². The topological polar surface area (TPSA) is 94.0 Å². The molecule has 4 aromatic rings. The van der Waals surface area contributed by atoms with Gasteiger partial charge in [0, 0.05) is 51.6 Å². The van der Waals surface area contributed by atoms with Crippen molar-refractivity contribution in [2.75, 3.05) is 31.6 Å². The number of hydrogen-bond donors (Lipinski definition) is 2. The third-order valence-electron chi connectivity index (χ3n) is 7.15. The SMILES string of the molecule is Cc1cccc(-c2ccc(-c3cc4cnc(N[C@@H]5CCOC5)nc4n(C4CCNCC4)c3=O)c(Cl)c2)n1. The van der Waals surface area contributed by atoms with Crippen LogP contribution in [0.1, 0.15) is 31.0 Å². The van der Waals surface area contributed by atoms with Gasteiger partial charge in [0.2, 0.25) is 5.95 Å². The van der Waals surface area contributed by atoms with E-state index in [4.69, 9.17) is 21.3 Å². The maximum absolute atomic E-state index is 14.1. The fraction of sp³-hybridized carbons (Fsp3) is 0.357. The van der Waals surface area contributed by atoms with Crippen molar-refractivity contribution in [3.63, 3.8) is 0 Å². The number of aromatic nitrogens is 4. The molecule has 2 aliphatic heterocycles. The van der Waals surface area contributed by atoms with Crippen molar-refractivity contribution in [1.82, 2.24) is 24.8 Å². The summed E-state index contributed by atoms with van der Waals surface area (Å²) in [5.41, 5.74) is 4.50. The van der Waals surface area contributed by atoms with Gasteiger partial charge in [-0.25, -0.2) is 4.98 Å². The van der Waals surface area contributed by atoms with E-state index >= 15 is 0 Å². The molecule has 6 rings (SSSR count). The fourth-order valence-corrected chi connectivity index (χ4v) is 5.50. The van der Waals surface area contributed by atoms with Gasteiger partial charge in [0.25, 0.3) is 5.56 Å². The molecule has 0 spiro atoms. The van der Waals surface area contributed by atoms with E-state index in [-0.39, 0.29) is 17.6 Å². The monoisotopic (exact) mass is 516 g/mol. The summed E-state index contributed by atoms with van der Waals surface area (Å²) < 4.78 is 7.33. The van der Waals surface area contributed by atoms with Crippen molar-refractivity contribution in [1.29, 1.82) is 0 Å². The first kappa shape index (κ1) is 24.0. The molecule has 3 aromatic heterocycles. The molecule has 2 N–H and O–H groups in total. The highest BCUT2D eigenvalue weighted by atomic mass is 35.5. The molecular weight excluding hydrogens is 488 g/mol. The van der Waals surface area contributed by atoms with E-state index in [9.17, 15) is 4.79 Å². The Morgan fingerprint density at radius 1 is 1.08 bits per heavy atom. The Labute approximate surface area is 220 Å². The van der Waals surface area contributed by atoms with E-state index in [2.05, 4.69) is 20.6 Å². The molecule has 1 atom stereocenters. The van der Waals surface area contributed by atoms with Crippen LogP contribution in [0.15, 0.2) is 53.5 Å². The van der Waals surface area contributed by atoms with Gasteiger partial charge in [-0.05, 0) is 63.5 Å². The number of rotatable bonds is 5. The van der Waals surface area contributed by atoms with Crippen molar-refractivity contribution in [2.45, 2.75) is 38.3 Å². The summed E-state index contributed by atoms with van der Waals surface area (Å²) in [6.07, 6.45) is 4.41. The Balaban J connectivity index is 1.46. The molecule has 2 fully saturated rings. The number of benzene rings is 1. The van der Waals surface area contributed by atoms with Crippen LogP contribution in [-0.4, -0.2) is 51.9 Å². The lowest BCUT2D eigenvalue weighted by atomic mass is 10.0. The van der Waals surface area contributed by atoms with Crippen LogP contribution in [0.5, 0.6) is 0 Å².